The number of hydrogen-bond acceptors (Lipinski definition) is 4. The van der Waals surface area contributed by atoms with Crippen LogP contribution in [0.25, 0.3) is 22.3 Å². The SMILES string of the molecule is CC(C)n1c(C=O)c(-c2ccc(F)cc2)c(-c2ccccc2)c1C(=O)NCCC(=O)OC(C)(C)C. The fourth-order valence-corrected chi connectivity index (χ4v) is 4.03. The average Bonchev–Trinajstić information content (AvgIpc) is 3.14. The van der Waals surface area contributed by atoms with Crippen LogP contribution in [0.1, 0.15) is 68.1 Å². The molecule has 3 aromatic rings. The number of carbonyl (C=O) groups is 3. The van der Waals surface area contributed by atoms with Gasteiger partial charge in [-0.15, -0.1) is 0 Å². The molecule has 0 spiro atoms. The van der Waals surface area contributed by atoms with E-state index < -0.39 is 23.3 Å². The molecule has 0 saturated carbocycles. The first-order chi connectivity index (χ1) is 16.5. The first-order valence-corrected chi connectivity index (χ1v) is 11.6. The predicted octanol–water partition coefficient (Wildman–Crippen LogP) is 5.82. The number of amides is 1. The Morgan fingerprint density at radius 2 is 1.60 bits per heavy atom. The molecule has 1 heterocycles. The summed E-state index contributed by atoms with van der Waals surface area (Å²) in [6.45, 7) is 9.18. The van der Waals surface area contributed by atoms with Crippen molar-refractivity contribution in [3.63, 3.8) is 0 Å². The van der Waals surface area contributed by atoms with Crippen LogP contribution in [0.4, 0.5) is 4.39 Å². The zero-order valence-electron chi connectivity index (χ0n) is 20.7. The summed E-state index contributed by atoms with van der Waals surface area (Å²) in [6, 6.07) is 14.9. The molecule has 0 bridgehead atoms. The Bertz CT molecular complexity index is 1210. The number of hydrogen-bond donors (Lipinski definition) is 1. The van der Waals surface area contributed by atoms with Crippen molar-refractivity contribution in [3.05, 3.63) is 71.8 Å². The molecule has 0 saturated heterocycles. The van der Waals surface area contributed by atoms with Crippen LogP contribution in [0.5, 0.6) is 0 Å². The van der Waals surface area contributed by atoms with Gasteiger partial charge in [-0.1, -0.05) is 42.5 Å². The van der Waals surface area contributed by atoms with E-state index in [4.69, 9.17) is 4.74 Å². The Kier molecular flexibility index (Phi) is 7.89. The van der Waals surface area contributed by atoms with E-state index in [0.29, 0.717) is 28.1 Å². The molecule has 0 fully saturated rings. The third-order valence-corrected chi connectivity index (χ3v) is 5.32. The van der Waals surface area contributed by atoms with Crippen LogP contribution < -0.4 is 5.32 Å². The fraction of sp³-hybridized carbons (Fsp3) is 0.321. The third kappa shape index (κ3) is 6.04. The van der Waals surface area contributed by atoms with Gasteiger partial charge in [0.25, 0.3) is 5.91 Å². The summed E-state index contributed by atoms with van der Waals surface area (Å²) < 4.78 is 20.7. The van der Waals surface area contributed by atoms with E-state index in [1.165, 1.54) is 12.1 Å². The van der Waals surface area contributed by atoms with Crippen LogP contribution in [0, 0.1) is 5.82 Å². The zero-order chi connectivity index (χ0) is 25.8. The molecule has 6 nitrogen and oxygen atoms in total. The number of halogens is 1. The van der Waals surface area contributed by atoms with Gasteiger partial charge in [0.05, 0.1) is 12.1 Å². The molecule has 1 amide bonds. The van der Waals surface area contributed by atoms with Gasteiger partial charge in [0.15, 0.2) is 6.29 Å². The fourth-order valence-electron chi connectivity index (χ4n) is 4.03. The lowest BCUT2D eigenvalue weighted by molar-refractivity contribution is -0.154. The van der Waals surface area contributed by atoms with Gasteiger partial charge < -0.3 is 14.6 Å². The smallest absolute Gasteiger partial charge is 0.308 e. The van der Waals surface area contributed by atoms with E-state index in [0.717, 1.165) is 11.8 Å². The number of rotatable bonds is 8. The molecule has 0 aliphatic carbocycles. The maximum absolute atomic E-state index is 13.7. The van der Waals surface area contributed by atoms with Crippen LogP contribution in [-0.4, -0.2) is 34.9 Å². The number of esters is 1. The van der Waals surface area contributed by atoms with Crippen molar-refractivity contribution in [2.24, 2.45) is 0 Å². The van der Waals surface area contributed by atoms with Crippen molar-refractivity contribution in [2.75, 3.05) is 6.54 Å². The maximum atomic E-state index is 13.7. The van der Waals surface area contributed by atoms with Crippen LogP contribution in [-0.2, 0) is 9.53 Å². The van der Waals surface area contributed by atoms with E-state index in [-0.39, 0.29) is 19.0 Å². The summed E-state index contributed by atoms with van der Waals surface area (Å²) >= 11 is 0. The molecule has 35 heavy (non-hydrogen) atoms. The minimum absolute atomic E-state index is 0.0113. The standard InChI is InChI=1S/C28H31FN2O4/c1-18(2)31-22(17-32)24(20-11-13-21(29)14-12-20)25(19-9-7-6-8-10-19)26(31)27(34)30-16-15-23(33)35-28(3,4)5/h6-14,17-18H,15-16H2,1-5H3,(H,30,34). The summed E-state index contributed by atoms with van der Waals surface area (Å²) in [4.78, 5) is 38.0. The molecule has 0 aliphatic heterocycles. The molecule has 0 radical (unpaired) electrons. The number of nitrogens with one attached hydrogen (secondary N) is 1. The summed E-state index contributed by atoms with van der Waals surface area (Å²) in [5.41, 5.74) is 2.50. The number of ether oxygens (including phenoxy) is 1. The Labute approximate surface area is 205 Å². The molecule has 1 aromatic heterocycles. The highest BCUT2D eigenvalue weighted by atomic mass is 19.1. The average molecular weight is 479 g/mol. The number of nitrogens with zero attached hydrogens (tertiary/aromatic N) is 1. The van der Waals surface area contributed by atoms with Gasteiger partial charge in [0, 0.05) is 23.7 Å². The molecular formula is C28H31FN2O4. The number of aromatic nitrogens is 1. The van der Waals surface area contributed by atoms with Crippen molar-refractivity contribution in [3.8, 4) is 22.3 Å². The normalized spacial score (nSPS) is 11.4. The second kappa shape index (κ2) is 10.7. The molecule has 184 valence electrons. The minimum Gasteiger partial charge on any atom is -0.460 e. The number of benzene rings is 2. The third-order valence-electron chi connectivity index (χ3n) is 5.32. The van der Waals surface area contributed by atoms with Crippen LogP contribution in [0.3, 0.4) is 0 Å². The highest BCUT2D eigenvalue weighted by Gasteiger charge is 2.30. The largest absolute Gasteiger partial charge is 0.460 e. The van der Waals surface area contributed by atoms with Crippen LogP contribution >= 0.6 is 0 Å². The lowest BCUT2D eigenvalue weighted by Gasteiger charge is -2.19. The Hall–Kier alpha value is -3.74. The number of carbonyl (C=O) groups excluding carboxylic acids is 3. The lowest BCUT2D eigenvalue weighted by Crippen LogP contribution is -2.31. The van der Waals surface area contributed by atoms with E-state index in [2.05, 4.69) is 5.32 Å². The zero-order valence-corrected chi connectivity index (χ0v) is 20.7. The van der Waals surface area contributed by atoms with Crippen LogP contribution in [0.15, 0.2) is 54.6 Å². The second-order valence-electron chi connectivity index (χ2n) is 9.53. The van der Waals surface area contributed by atoms with E-state index in [1.807, 2.05) is 44.2 Å². The molecule has 3 rings (SSSR count). The van der Waals surface area contributed by atoms with Gasteiger partial charge in [-0.2, -0.15) is 0 Å². The van der Waals surface area contributed by atoms with Gasteiger partial charge in [0.1, 0.15) is 17.1 Å². The summed E-state index contributed by atoms with van der Waals surface area (Å²) in [5, 5.41) is 2.81. The first-order valence-electron chi connectivity index (χ1n) is 11.6. The topological polar surface area (TPSA) is 77.4 Å². The molecule has 0 aliphatic rings. The quantitative estimate of drug-likeness (QED) is 0.327. The molecule has 0 atom stereocenters. The van der Waals surface area contributed by atoms with E-state index >= 15 is 0 Å². The van der Waals surface area contributed by atoms with Crippen LogP contribution in [0.2, 0.25) is 0 Å². The molecular weight excluding hydrogens is 447 g/mol. The highest BCUT2D eigenvalue weighted by Crippen LogP contribution is 2.41. The van der Waals surface area contributed by atoms with Crippen molar-refractivity contribution < 1.29 is 23.5 Å². The Morgan fingerprint density at radius 1 is 1.00 bits per heavy atom. The Morgan fingerprint density at radius 3 is 2.14 bits per heavy atom. The van der Waals surface area contributed by atoms with Crippen molar-refractivity contribution in [2.45, 2.75) is 52.7 Å². The van der Waals surface area contributed by atoms with Gasteiger partial charge in [-0.25, -0.2) is 4.39 Å². The number of aldehydes is 1. The van der Waals surface area contributed by atoms with Crippen molar-refractivity contribution in [1.29, 1.82) is 0 Å². The Balaban J connectivity index is 2.12. The molecule has 1 N–H and O–H groups in total. The monoisotopic (exact) mass is 478 g/mol. The molecule has 2 aromatic carbocycles. The highest BCUT2D eigenvalue weighted by molar-refractivity contribution is 6.08. The van der Waals surface area contributed by atoms with Crippen molar-refractivity contribution >= 4 is 18.2 Å². The van der Waals surface area contributed by atoms with Gasteiger partial charge >= 0.3 is 5.97 Å². The van der Waals surface area contributed by atoms with E-state index in [9.17, 15) is 18.8 Å². The minimum atomic E-state index is -0.614. The summed E-state index contributed by atoms with van der Waals surface area (Å²) in [6.07, 6.45) is 0.736. The van der Waals surface area contributed by atoms with Gasteiger partial charge in [-0.3, -0.25) is 14.4 Å². The second-order valence-corrected chi connectivity index (χ2v) is 9.53. The molecule has 7 heteroatoms. The lowest BCUT2D eigenvalue weighted by atomic mass is 9.94. The van der Waals surface area contributed by atoms with Gasteiger partial charge in [-0.05, 0) is 57.9 Å². The summed E-state index contributed by atoms with van der Waals surface area (Å²) in [5.74, 6) is -1.23. The van der Waals surface area contributed by atoms with Crippen molar-refractivity contribution in [1.82, 2.24) is 9.88 Å². The predicted molar refractivity (Wildman–Crippen MR) is 134 cm³/mol. The first kappa shape index (κ1) is 25.9. The summed E-state index contributed by atoms with van der Waals surface area (Å²) in [7, 11) is 0. The molecule has 0 unspecified atom stereocenters. The maximum Gasteiger partial charge on any atom is 0.308 e. The van der Waals surface area contributed by atoms with E-state index in [1.54, 1.807) is 37.5 Å². The van der Waals surface area contributed by atoms with Gasteiger partial charge in [0.2, 0.25) is 0 Å².